The minimum Gasteiger partial charge on any atom is -0.456 e. The molecule has 0 unspecified atom stereocenters. The number of carbonyl (C=O) groups excluding carboxylic acids is 2. The number of hydrogen-bond acceptors (Lipinski definition) is 5. The molecule has 0 aliphatic carbocycles. The van der Waals surface area contributed by atoms with Gasteiger partial charge in [-0.2, -0.15) is 5.10 Å². The molecule has 0 atom stereocenters. The number of benzene rings is 1. The first-order valence-electron chi connectivity index (χ1n) is 9.15. The highest BCUT2D eigenvalue weighted by Crippen LogP contribution is 2.20. The predicted molar refractivity (Wildman–Crippen MR) is 106 cm³/mol. The van der Waals surface area contributed by atoms with E-state index >= 15 is 0 Å². The van der Waals surface area contributed by atoms with E-state index in [0.717, 1.165) is 35.9 Å². The molecular formula is C20H26N4O3. The van der Waals surface area contributed by atoms with Crippen molar-refractivity contribution < 1.29 is 14.3 Å². The molecular weight excluding hydrogens is 344 g/mol. The number of nitrogens with two attached hydrogens (primary N) is 1. The number of aryl methyl sites for hydroxylation is 1. The molecule has 1 heterocycles. The van der Waals surface area contributed by atoms with Gasteiger partial charge in [0.05, 0.1) is 16.8 Å². The quantitative estimate of drug-likeness (QED) is 0.304. The van der Waals surface area contributed by atoms with Crippen molar-refractivity contribution in [3.05, 3.63) is 41.6 Å². The van der Waals surface area contributed by atoms with Crippen LogP contribution >= 0.6 is 0 Å². The van der Waals surface area contributed by atoms with E-state index in [9.17, 15) is 9.59 Å². The van der Waals surface area contributed by atoms with Crippen molar-refractivity contribution in [2.45, 2.75) is 46.0 Å². The SMILES string of the molecule is CCCCCCc1cc(C(=O)OC/C(C)=N\NC(N)=O)c2ccccc2n1. The number of pyridine rings is 1. The second-order valence-electron chi connectivity index (χ2n) is 6.39. The maximum atomic E-state index is 12.6. The maximum absolute atomic E-state index is 12.6. The van der Waals surface area contributed by atoms with Crippen LogP contribution in [0.15, 0.2) is 35.4 Å². The van der Waals surface area contributed by atoms with Gasteiger partial charge in [-0.15, -0.1) is 0 Å². The number of esters is 1. The lowest BCUT2D eigenvalue weighted by Crippen LogP contribution is -2.26. The summed E-state index contributed by atoms with van der Waals surface area (Å²) in [6.07, 6.45) is 5.38. The Bertz CT molecular complexity index is 833. The number of aromatic nitrogens is 1. The zero-order valence-electron chi connectivity index (χ0n) is 15.8. The standard InChI is InChI=1S/C20H26N4O3/c1-3-4-5-6-9-15-12-17(16-10-7-8-11-18(16)22-15)19(25)27-13-14(2)23-24-20(21)26/h7-8,10-12H,3-6,9,13H2,1-2H3,(H3,21,24,26)/b23-14-. The van der Waals surface area contributed by atoms with E-state index in [1.54, 1.807) is 6.92 Å². The number of ether oxygens (including phenoxy) is 1. The van der Waals surface area contributed by atoms with E-state index in [1.807, 2.05) is 30.3 Å². The van der Waals surface area contributed by atoms with Gasteiger partial charge >= 0.3 is 12.0 Å². The van der Waals surface area contributed by atoms with Crippen LogP contribution in [0.25, 0.3) is 10.9 Å². The number of nitrogens with one attached hydrogen (secondary N) is 1. The van der Waals surface area contributed by atoms with Gasteiger partial charge in [0.25, 0.3) is 0 Å². The van der Waals surface area contributed by atoms with Crippen LogP contribution in [0.4, 0.5) is 4.79 Å². The topological polar surface area (TPSA) is 107 Å². The Morgan fingerprint density at radius 1 is 1.22 bits per heavy atom. The van der Waals surface area contributed by atoms with E-state index in [2.05, 4.69) is 22.4 Å². The fraction of sp³-hybridized carbons (Fsp3) is 0.400. The minimum atomic E-state index is -0.770. The van der Waals surface area contributed by atoms with Crippen LogP contribution in [0, 0.1) is 0 Å². The maximum Gasteiger partial charge on any atom is 0.339 e. The summed E-state index contributed by atoms with van der Waals surface area (Å²) < 4.78 is 5.34. The summed E-state index contributed by atoms with van der Waals surface area (Å²) in [4.78, 5) is 27.9. The van der Waals surface area contributed by atoms with Crippen LogP contribution in [-0.4, -0.2) is 29.3 Å². The van der Waals surface area contributed by atoms with Gasteiger partial charge in [-0.25, -0.2) is 15.0 Å². The van der Waals surface area contributed by atoms with Crippen LogP contribution < -0.4 is 11.2 Å². The van der Waals surface area contributed by atoms with Crippen LogP contribution in [0.2, 0.25) is 0 Å². The van der Waals surface area contributed by atoms with Crippen LogP contribution in [-0.2, 0) is 11.2 Å². The molecule has 0 spiro atoms. The summed E-state index contributed by atoms with van der Waals surface area (Å²) in [5.41, 5.74) is 9.64. The van der Waals surface area contributed by atoms with E-state index in [0.29, 0.717) is 11.3 Å². The highest BCUT2D eigenvalue weighted by atomic mass is 16.5. The summed E-state index contributed by atoms with van der Waals surface area (Å²) in [6.45, 7) is 3.77. The van der Waals surface area contributed by atoms with Crippen molar-refractivity contribution in [1.82, 2.24) is 10.4 Å². The molecule has 0 saturated carbocycles. The molecule has 0 aliphatic heterocycles. The van der Waals surface area contributed by atoms with Gasteiger partial charge in [0.1, 0.15) is 6.61 Å². The highest BCUT2D eigenvalue weighted by molar-refractivity contribution is 6.04. The van der Waals surface area contributed by atoms with Gasteiger partial charge in [0.2, 0.25) is 0 Å². The van der Waals surface area contributed by atoms with Gasteiger partial charge in [0.15, 0.2) is 0 Å². The molecule has 2 rings (SSSR count). The predicted octanol–water partition coefficient (Wildman–Crippen LogP) is 3.56. The summed E-state index contributed by atoms with van der Waals surface area (Å²) in [5.74, 6) is -0.447. The van der Waals surface area contributed by atoms with Crippen molar-refractivity contribution in [3.8, 4) is 0 Å². The lowest BCUT2D eigenvalue weighted by molar-refractivity contribution is 0.0565. The second-order valence-corrected chi connectivity index (χ2v) is 6.39. The first kappa shape index (κ1) is 20.4. The Labute approximate surface area is 159 Å². The third kappa shape index (κ3) is 6.36. The van der Waals surface area contributed by atoms with Crippen molar-refractivity contribution in [3.63, 3.8) is 0 Å². The molecule has 0 fully saturated rings. The van der Waals surface area contributed by atoms with E-state index in [4.69, 9.17) is 10.5 Å². The van der Waals surface area contributed by atoms with Crippen molar-refractivity contribution in [2.24, 2.45) is 10.8 Å². The molecule has 0 saturated heterocycles. The largest absolute Gasteiger partial charge is 0.456 e. The molecule has 0 radical (unpaired) electrons. The Morgan fingerprint density at radius 2 is 2.00 bits per heavy atom. The molecule has 7 heteroatoms. The van der Waals surface area contributed by atoms with Gasteiger partial charge < -0.3 is 10.5 Å². The summed E-state index contributed by atoms with van der Waals surface area (Å²) >= 11 is 0. The molecule has 7 nitrogen and oxygen atoms in total. The fourth-order valence-electron chi connectivity index (χ4n) is 2.69. The zero-order valence-corrected chi connectivity index (χ0v) is 15.8. The molecule has 0 bridgehead atoms. The zero-order chi connectivity index (χ0) is 19.6. The number of rotatable bonds is 9. The Kier molecular flexibility index (Phi) is 7.73. The van der Waals surface area contributed by atoms with E-state index < -0.39 is 12.0 Å². The number of carbonyl (C=O) groups is 2. The average molecular weight is 370 g/mol. The molecule has 27 heavy (non-hydrogen) atoms. The molecule has 2 aromatic rings. The molecule has 2 amide bonds. The Hall–Kier alpha value is -2.96. The van der Waals surface area contributed by atoms with Crippen LogP contribution in [0.3, 0.4) is 0 Å². The number of hydrogen-bond donors (Lipinski definition) is 2. The first-order chi connectivity index (χ1) is 13.0. The number of unbranched alkanes of at least 4 members (excludes halogenated alkanes) is 3. The monoisotopic (exact) mass is 370 g/mol. The van der Waals surface area contributed by atoms with Gasteiger partial charge in [-0.3, -0.25) is 4.98 Å². The average Bonchev–Trinajstić information content (AvgIpc) is 2.67. The van der Waals surface area contributed by atoms with E-state index in [-0.39, 0.29) is 6.61 Å². The number of para-hydroxylation sites is 1. The summed E-state index contributed by atoms with van der Waals surface area (Å²) in [6, 6.07) is 8.56. The fourth-order valence-corrected chi connectivity index (χ4v) is 2.69. The van der Waals surface area contributed by atoms with Gasteiger partial charge in [-0.05, 0) is 31.9 Å². The third-order valence-electron chi connectivity index (χ3n) is 4.04. The van der Waals surface area contributed by atoms with Crippen molar-refractivity contribution in [1.29, 1.82) is 0 Å². The summed E-state index contributed by atoms with van der Waals surface area (Å²) in [7, 11) is 0. The van der Waals surface area contributed by atoms with Gasteiger partial charge in [0, 0.05) is 11.1 Å². The minimum absolute atomic E-state index is 0.0401. The summed E-state index contributed by atoms with van der Waals surface area (Å²) in [5, 5.41) is 4.48. The number of urea groups is 1. The lowest BCUT2D eigenvalue weighted by Gasteiger charge is -2.10. The van der Waals surface area contributed by atoms with Crippen molar-refractivity contribution >= 4 is 28.6 Å². The normalized spacial score (nSPS) is 11.4. The second kappa shape index (κ2) is 10.3. The molecule has 0 aliphatic rings. The molecule has 1 aromatic carbocycles. The third-order valence-corrected chi connectivity index (χ3v) is 4.04. The van der Waals surface area contributed by atoms with Crippen LogP contribution in [0.5, 0.6) is 0 Å². The Balaban J connectivity index is 2.15. The molecule has 3 N–H and O–H groups in total. The number of hydrazone groups is 1. The van der Waals surface area contributed by atoms with Crippen molar-refractivity contribution in [2.75, 3.05) is 6.61 Å². The first-order valence-corrected chi connectivity index (χ1v) is 9.15. The Morgan fingerprint density at radius 3 is 2.74 bits per heavy atom. The van der Waals surface area contributed by atoms with Crippen LogP contribution in [0.1, 0.15) is 55.6 Å². The molecule has 144 valence electrons. The number of amides is 2. The lowest BCUT2D eigenvalue weighted by atomic mass is 10.0. The number of primary amides is 1. The molecule has 1 aromatic heterocycles. The van der Waals surface area contributed by atoms with Gasteiger partial charge in [-0.1, -0.05) is 44.4 Å². The number of fused-ring (bicyclic) bond motifs is 1. The van der Waals surface area contributed by atoms with E-state index in [1.165, 1.54) is 12.8 Å². The smallest absolute Gasteiger partial charge is 0.339 e. The highest BCUT2D eigenvalue weighted by Gasteiger charge is 2.14. The number of nitrogens with zero attached hydrogens (tertiary/aromatic N) is 2.